The number of rotatable bonds is 5. The minimum absolute atomic E-state index is 0.233. The summed E-state index contributed by atoms with van der Waals surface area (Å²) < 4.78 is 30.2. The van der Waals surface area contributed by atoms with Gasteiger partial charge < -0.3 is 14.2 Å². The van der Waals surface area contributed by atoms with Crippen molar-refractivity contribution >= 4 is 27.9 Å². The van der Waals surface area contributed by atoms with Crippen LogP contribution >= 0.6 is 15.9 Å². The van der Waals surface area contributed by atoms with Crippen molar-refractivity contribution in [1.82, 2.24) is 0 Å². The van der Waals surface area contributed by atoms with Crippen LogP contribution in [0.4, 0.5) is 4.39 Å². The van der Waals surface area contributed by atoms with E-state index < -0.39 is 35.3 Å². The first-order valence-corrected chi connectivity index (χ1v) is 8.89. The molecule has 0 aromatic heterocycles. The number of esters is 2. The van der Waals surface area contributed by atoms with Crippen LogP contribution in [0, 0.1) is 0 Å². The van der Waals surface area contributed by atoms with E-state index in [-0.39, 0.29) is 6.61 Å². The lowest BCUT2D eigenvalue weighted by Gasteiger charge is -2.19. The lowest BCUT2D eigenvalue weighted by molar-refractivity contribution is -0.0342. The molecule has 4 atom stereocenters. The van der Waals surface area contributed by atoms with Gasteiger partial charge in [0.15, 0.2) is 12.3 Å². The molecule has 1 aliphatic rings. The highest BCUT2D eigenvalue weighted by Crippen LogP contribution is 2.31. The summed E-state index contributed by atoms with van der Waals surface area (Å²) in [5, 5.41) is -0.948. The van der Waals surface area contributed by atoms with Gasteiger partial charge in [-0.05, 0) is 24.3 Å². The van der Waals surface area contributed by atoms with Crippen LogP contribution in [0.15, 0.2) is 60.7 Å². The van der Waals surface area contributed by atoms with Crippen LogP contribution in [0.25, 0.3) is 0 Å². The minimum Gasteiger partial charge on any atom is -0.459 e. The van der Waals surface area contributed by atoms with Crippen molar-refractivity contribution in [1.29, 1.82) is 0 Å². The highest BCUT2D eigenvalue weighted by molar-refractivity contribution is 9.09. The maximum Gasteiger partial charge on any atom is 0.338 e. The molecule has 1 heterocycles. The van der Waals surface area contributed by atoms with Crippen LogP contribution in [0.1, 0.15) is 20.7 Å². The first kappa shape index (κ1) is 18.5. The Bertz CT molecular complexity index is 755. The van der Waals surface area contributed by atoms with Crippen LogP contribution in [0.3, 0.4) is 0 Å². The lowest BCUT2D eigenvalue weighted by Crippen LogP contribution is -2.37. The molecule has 2 aromatic carbocycles. The Morgan fingerprint density at radius 3 is 2.08 bits per heavy atom. The van der Waals surface area contributed by atoms with Crippen molar-refractivity contribution in [3.63, 3.8) is 0 Å². The fourth-order valence-corrected chi connectivity index (χ4v) is 3.11. The molecule has 1 aliphatic heterocycles. The fourth-order valence-electron chi connectivity index (χ4n) is 2.53. The van der Waals surface area contributed by atoms with Crippen molar-refractivity contribution in [2.75, 3.05) is 6.61 Å². The van der Waals surface area contributed by atoms with Crippen LogP contribution in [-0.2, 0) is 14.2 Å². The molecule has 0 radical (unpaired) electrons. The molecule has 0 N–H and O–H groups in total. The molecule has 5 nitrogen and oxygen atoms in total. The first-order valence-electron chi connectivity index (χ1n) is 7.98. The SMILES string of the molecule is O=C(OC[C@H]1OC(Br)[C@H](F)[C@@H]1OC(=O)c1ccccc1)c1ccccc1. The Hall–Kier alpha value is -2.25. The molecule has 1 fully saturated rings. The van der Waals surface area contributed by atoms with Gasteiger partial charge in [0.05, 0.1) is 11.1 Å². The standard InChI is InChI=1S/C19H16BrFO5/c20-17-15(21)16(26-19(23)13-9-5-2-6-10-13)14(25-17)11-24-18(22)12-7-3-1-4-8-12/h1-10,14-17H,11H2/t14-,15-,16-,17?/m1/s1. The Morgan fingerprint density at radius 2 is 1.50 bits per heavy atom. The molecule has 3 rings (SSSR count). The number of carbonyl (C=O) groups excluding carboxylic acids is 2. The van der Waals surface area contributed by atoms with E-state index in [0.717, 1.165) is 0 Å². The zero-order valence-electron chi connectivity index (χ0n) is 13.6. The molecule has 1 saturated heterocycles. The summed E-state index contributed by atoms with van der Waals surface area (Å²) in [6.45, 7) is -0.233. The normalized spacial score (nSPS) is 24.8. The largest absolute Gasteiger partial charge is 0.459 e. The zero-order chi connectivity index (χ0) is 18.5. The second-order valence-corrected chi connectivity index (χ2v) is 6.57. The predicted octanol–water partition coefficient (Wildman–Crippen LogP) is 3.53. The van der Waals surface area contributed by atoms with Crippen LogP contribution in [0.2, 0.25) is 0 Å². The van der Waals surface area contributed by atoms with Gasteiger partial charge >= 0.3 is 11.9 Å². The number of benzene rings is 2. The number of hydrogen-bond acceptors (Lipinski definition) is 5. The van der Waals surface area contributed by atoms with E-state index in [9.17, 15) is 14.0 Å². The molecule has 136 valence electrons. The van der Waals surface area contributed by atoms with Gasteiger partial charge in [-0.15, -0.1) is 0 Å². The van der Waals surface area contributed by atoms with E-state index in [2.05, 4.69) is 15.9 Å². The molecule has 0 spiro atoms. The average Bonchev–Trinajstić information content (AvgIpc) is 2.95. The molecular weight excluding hydrogens is 407 g/mol. The van der Waals surface area contributed by atoms with Crippen LogP contribution in [0.5, 0.6) is 0 Å². The smallest absolute Gasteiger partial charge is 0.338 e. The van der Waals surface area contributed by atoms with Crippen molar-refractivity contribution in [3.8, 4) is 0 Å². The van der Waals surface area contributed by atoms with Crippen molar-refractivity contribution in [3.05, 3.63) is 71.8 Å². The maximum absolute atomic E-state index is 14.4. The molecule has 0 saturated carbocycles. The van der Waals surface area contributed by atoms with Gasteiger partial charge in [-0.3, -0.25) is 0 Å². The highest BCUT2D eigenvalue weighted by atomic mass is 79.9. The van der Waals surface area contributed by atoms with E-state index in [1.54, 1.807) is 60.7 Å². The van der Waals surface area contributed by atoms with Crippen molar-refractivity contribution in [2.24, 2.45) is 0 Å². The lowest BCUT2D eigenvalue weighted by atomic mass is 10.1. The summed E-state index contributed by atoms with van der Waals surface area (Å²) in [5.41, 5.74) is 0.674. The van der Waals surface area contributed by atoms with E-state index in [1.807, 2.05) is 0 Å². The molecule has 7 heteroatoms. The predicted molar refractivity (Wildman–Crippen MR) is 94.9 cm³/mol. The Kier molecular flexibility index (Phi) is 6.00. The van der Waals surface area contributed by atoms with E-state index in [0.29, 0.717) is 11.1 Å². The average molecular weight is 423 g/mol. The van der Waals surface area contributed by atoms with Crippen LogP contribution < -0.4 is 0 Å². The van der Waals surface area contributed by atoms with Gasteiger partial charge in [-0.1, -0.05) is 52.3 Å². The Balaban J connectivity index is 1.63. The molecule has 1 unspecified atom stereocenters. The number of alkyl halides is 2. The molecule has 2 aromatic rings. The summed E-state index contributed by atoms with van der Waals surface area (Å²) in [4.78, 5) is 24.2. The summed E-state index contributed by atoms with van der Waals surface area (Å²) in [7, 11) is 0. The fraction of sp³-hybridized carbons (Fsp3) is 0.263. The molecular formula is C19H16BrFO5. The third kappa shape index (κ3) is 4.28. The summed E-state index contributed by atoms with van der Waals surface area (Å²) in [6.07, 6.45) is -3.67. The molecule has 0 bridgehead atoms. The molecule has 0 amide bonds. The van der Waals surface area contributed by atoms with Gasteiger partial charge in [0.1, 0.15) is 17.7 Å². The van der Waals surface area contributed by atoms with E-state index in [1.165, 1.54) is 0 Å². The van der Waals surface area contributed by atoms with Gasteiger partial charge in [-0.2, -0.15) is 0 Å². The maximum atomic E-state index is 14.4. The summed E-state index contributed by atoms with van der Waals surface area (Å²) in [6, 6.07) is 16.7. The van der Waals surface area contributed by atoms with E-state index >= 15 is 0 Å². The third-order valence-electron chi connectivity index (χ3n) is 3.88. The van der Waals surface area contributed by atoms with Gasteiger partial charge in [-0.25, -0.2) is 14.0 Å². The summed E-state index contributed by atoms with van der Waals surface area (Å²) >= 11 is 3.05. The third-order valence-corrected chi connectivity index (χ3v) is 4.60. The second kappa shape index (κ2) is 8.42. The zero-order valence-corrected chi connectivity index (χ0v) is 15.2. The Morgan fingerprint density at radius 1 is 0.962 bits per heavy atom. The first-order chi connectivity index (χ1) is 12.6. The number of carbonyl (C=O) groups is 2. The summed E-state index contributed by atoms with van der Waals surface area (Å²) in [5.74, 6) is -1.22. The minimum atomic E-state index is -1.58. The van der Waals surface area contributed by atoms with Gasteiger partial charge in [0.25, 0.3) is 0 Å². The quantitative estimate of drug-likeness (QED) is 0.544. The van der Waals surface area contributed by atoms with Crippen LogP contribution in [-0.4, -0.2) is 41.9 Å². The number of halogens is 2. The molecule has 26 heavy (non-hydrogen) atoms. The topological polar surface area (TPSA) is 61.8 Å². The highest BCUT2D eigenvalue weighted by Gasteiger charge is 2.47. The Labute approximate surface area is 158 Å². The van der Waals surface area contributed by atoms with Crippen molar-refractivity contribution < 1.29 is 28.2 Å². The van der Waals surface area contributed by atoms with Gasteiger partial charge in [0.2, 0.25) is 0 Å². The number of hydrogen-bond donors (Lipinski definition) is 0. The van der Waals surface area contributed by atoms with Gasteiger partial charge in [0, 0.05) is 0 Å². The molecule has 0 aliphatic carbocycles. The van der Waals surface area contributed by atoms with E-state index in [4.69, 9.17) is 14.2 Å². The monoisotopic (exact) mass is 422 g/mol. The second-order valence-electron chi connectivity index (χ2n) is 5.67. The van der Waals surface area contributed by atoms with Crippen molar-refractivity contribution in [2.45, 2.75) is 23.4 Å². The number of ether oxygens (including phenoxy) is 3.